The van der Waals surface area contributed by atoms with Gasteiger partial charge < -0.3 is 10.2 Å². The third-order valence-electron chi connectivity index (χ3n) is 3.70. The van der Waals surface area contributed by atoms with Gasteiger partial charge in [-0.2, -0.15) is 5.26 Å². The van der Waals surface area contributed by atoms with Crippen LogP contribution in [0.3, 0.4) is 0 Å². The fraction of sp³-hybridized carbons (Fsp3) is 0.533. The van der Waals surface area contributed by atoms with E-state index in [1.54, 1.807) is 0 Å². The summed E-state index contributed by atoms with van der Waals surface area (Å²) in [6.45, 7) is 8.77. The summed E-state index contributed by atoms with van der Waals surface area (Å²) in [7, 11) is 0. The maximum absolute atomic E-state index is 9.02. The molecule has 1 aliphatic rings. The van der Waals surface area contributed by atoms with Crippen LogP contribution in [0.1, 0.15) is 32.8 Å². The van der Waals surface area contributed by atoms with E-state index in [9.17, 15) is 0 Å². The lowest BCUT2D eigenvalue weighted by molar-refractivity contribution is 0.453. The van der Waals surface area contributed by atoms with Crippen molar-refractivity contribution in [2.75, 3.05) is 18.0 Å². The summed E-state index contributed by atoms with van der Waals surface area (Å²) in [5.41, 5.74) is 1.99. The fourth-order valence-electron chi connectivity index (χ4n) is 2.54. The fourth-order valence-corrected chi connectivity index (χ4v) is 2.54. The van der Waals surface area contributed by atoms with E-state index >= 15 is 0 Å². The Morgan fingerprint density at radius 1 is 1.44 bits per heavy atom. The minimum Gasteiger partial charge on any atom is -0.365 e. The van der Waals surface area contributed by atoms with Crippen molar-refractivity contribution in [3.63, 3.8) is 0 Å². The summed E-state index contributed by atoms with van der Waals surface area (Å²) in [4.78, 5) is 2.42. The van der Waals surface area contributed by atoms with E-state index in [1.807, 2.05) is 18.2 Å². The largest absolute Gasteiger partial charge is 0.365 e. The second-order valence-electron chi connectivity index (χ2n) is 5.69. The Bertz CT molecular complexity index is 459. The average Bonchev–Trinajstić information content (AvgIpc) is 2.48. The van der Waals surface area contributed by atoms with Gasteiger partial charge in [0.05, 0.1) is 11.6 Å². The molecule has 3 heteroatoms. The maximum atomic E-state index is 9.02. The lowest BCUT2D eigenvalue weighted by Crippen LogP contribution is -2.46. The first kappa shape index (κ1) is 12.9. The van der Waals surface area contributed by atoms with Crippen molar-refractivity contribution in [3.8, 4) is 6.07 Å². The van der Waals surface area contributed by atoms with Gasteiger partial charge in [-0.3, -0.25) is 0 Å². The van der Waals surface area contributed by atoms with Crippen molar-refractivity contribution in [3.05, 3.63) is 29.8 Å². The van der Waals surface area contributed by atoms with Crippen molar-refractivity contribution >= 4 is 5.69 Å². The lowest BCUT2D eigenvalue weighted by Gasteiger charge is -2.39. The van der Waals surface area contributed by atoms with Gasteiger partial charge in [-0.05, 0) is 51.9 Å². The van der Waals surface area contributed by atoms with Crippen LogP contribution in [0, 0.1) is 11.3 Å². The molecule has 0 radical (unpaired) electrons. The molecule has 1 aromatic carbocycles. The number of hydrogen-bond donors (Lipinski definition) is 1. The van der Waals surface area contributed by atoms with Gasteiger partial charge in [-0.25, -0.2) is 0 Å². The average molecular weight is 243 g/mol. The molecule has 1 aliphatic heterocycles. The smallest absolute Gasteiger partial charge is 0.0992 e. The highest BCUT2D eigenvalue weighted by molar-refractivity contribution is 5.53. The van der Waals surface area contributed by atoms with E-state index in [0.717, 1.165) is 30.8 Å². The van der Waals surface area contributed by atoms with Crippen molar-refractivity contribution in [1.29, 1.82) is 5.26 Å². The van der Waals surface area contributed by atoms with Crippen molar-refractivity contribution in [1.82, 2.24) is 5.32 Å². The molecule has 2 rings (SSSR count). The molecule has 1 saturated heterocycles. The molecule has 0 spiro atoms. The van der Waals surface area contributed by atoms with E-state index in [0.29, 0.717) is 6.04 Å². The first-order valence-electron chi connectivity index (χ1n) is 6.54. The predicted molar refractivity (Wildman–Crippen MR) is 74.7 cm³/mol. The Morgan fingerprint density at radius 3 is 2.94 bits per heavy atom. The molecular formula is C15H21N3. The van der Waals surface area contributed by atoms with Gasteiger partial charge in [0.15, 0.2) is 0 Å². The van der Waals surface area contributed by atoms with Crippen molar-refractivity contribution in [2.45, 2.75) is 38.8 Å². The molecule has 96 valence electrons. The van der Waals surface area contributed by atoms with E-state index in [-0.39, 0.29) is 5.54 Å². The molecule has 1 unspecified atom stereocenters. The van der Waals surface area contributed by atoms with Crippen LogP contribution in [-0.2, 0) is 0 Å². The molecule has 3 nitrogen and oxygen atoms in total. The summed E-state index contributed by atoms with van der Waals surface area (Å²) < 4.78 is 0. The Morgan fingerprint density at radius 2 is 2.22 bits per heavy atom. The molecule has 1 atom stereocenters. The molecule has 1 N–H and O–H groups in total. The third kappa shape index (κ3) is 2.65. The normalized spacial score (nSPS) is 23.2. The Hall–Kier alpha value is -1.53. The standard InChI is InChI=1S/C15H21N3/c1-12-11-18(15(2,3)7-8-17-12)14-6-4-5-13(9-14)10-16/h4-6,9,12,17H,7-8,11H2,1-3H3. The molecule has 1 aromatic rings. The van der Waals surface area contributed by atoms with Crippen LogP contribution in [0.4, 0.5) is 5.69 Å². The zero-order valence-corrected chi connectivity index (χ0v) is 11.4. The molecule has 0 saturated carbocycles. The van der Waals surface area contributed by atoms with Crippen LogP contribution < -0.4 is 10.2 Å². The molecule has 1 fully saturated rings. The van der Waals surface area contributed by atoms with Gasteiger partial charge >= 0.3 is 0 Å². The van der Waals surface area contributed by atoms with E-state index in [1.165, 1.54) is 0 Å². The SMILES string of the molecule is CC1CN(c2cccc(C#N)c2)C(C)(C)CCN1. The zero-order chi connectivity index (χ0) is 13.2. The van der Waals surface area contributed by atoms with Gasteiger partial charge in [-0.1, -0.05) is 6.07 Å². The summed E-state index contributed by atoms with van der Waals surface area (Å²) in [5, 5.41) is 12.5. The first-order valence-corrected chi connectivity index (χ1v) is 6.54. The van der Waals surface area contributed by atoms with Gasteiger partial charge in [0.2, 0.25) is 0 Å². The first-order chi connectivity index (χ1) is 8.53. The van der Waals surface area contributed by atoms with Crippen LogP contribution in [-0.4, -0.2) is 24.7 Å². The van der Waals surface area contributed by atoms with Gasteiger partial charge in [0, 0.05) is 23.8 Å². The molecule has 0 aliphatic carbocycles. The summed E-state index contributed by atoms with van der Waals surface area (Å²) in [5.74, 6) is 0. The number of anilines is 1. The van der Waals surface area contributed by atoms with Crippen molar-refractivity contribution < 1.29 is 0 Å². The highest BCUT2D eigenvalue weighted by Crippen LogP contribution is 2.28. The topological polar surface area (TPSA) is 39.1 Å². The Kier molecular flexibility index (Phi) is 3.58. The van der Waals surface area contributed by atoms with Gasteiger partial charge in [0.25, 0.3) is 0 Å². The number of nitrogens with zero attached hydrogens (tertiary/aromatic N) is 2. The van der Waals surface area contributed by atoms with Gasteiger partial charge in [-0.15, -0.1) is 0 Å². The second kappa shape index (κ2) is 4.99. The van der Waals surface area contributed by atoms with Crippen LogP contribution >= 0.6 is 0 Å². The van der Waals surface area contributed by atoms with Crippen LogP contribution in [0.15, 0.2) is 24.3 Å². The maximum Gasteiger partial charge on any atom is 0.0992 e. The minimum atomic E-state index is 0.117. The number of nitriles is 1. The minimum absolute atomic E-state index is 0.117. The van der Waals surface area contributed by atoms with Crippen molar-refractivity contribution in [2.24, 2.45) is 0 Å². The second-order valence-corrected chi connectivity index (χ2v) is 5.69. The highest BCUT2D eigenvalue weighted by Gasteiger charge is 2.30. The molecule has 1 heterocycles. The summed E-state index contributed by atoms with van der Waals surface area (Å²) in [6, 6.07) is 10.6. The molecule has 18 heavy (non-hydrogen) atoms. The third-order valence-corrected chi connectivity index (χ3v) is 3.70. The Labute approximate surface area is 109 Å². The number of hydrogen-bond acceptors (Lipinski definition) is 3. The van der Waals surface area contributed by atoms with E-state index < -0.39 is 0 Å². The predicted octanol–water partition coefficient (Wildman–Crippen LogP) is 2.53. The molecule has 0 bridgehead atoms. The van der Waals surface area contributed by atoms with Crippen LogP contribution in [0.25, 0.3) is 0 Å². The lowest BCUT2D eigenvalue weighted by atomic mass is 9.97. The molecule has 0 amide bonds. The van der Waals surface area contributed by atoms with Gasteiger partial charge in [0.1, 0.15) is 0 Å². The number of rotatable bonds is 1. The molecular weight excluding hydrogens is 222 g/mol. The Balaban J connectivity index is 2.35. The van der Waals surface area contributed by atoms with E-state index in [2.05, 4.69) is 43.1 Å². The quantitative estimate of drug-likeness (QED) is 0.823. The van der Waals surface area contributed by atoms with Crippen LogP contribution in [0.5, 0.6) is 0 Å². The monoisotopic (exact) mass is 243 g/mol. The number of nitrogens with one attached hydrogen (secondary N) is 1. The van der Waals surface area contributed by atoms with Crippen LogP contribution in [0.2, 0.25) is 0 Å². The summed E-state index contributed by atoms with van der Waals surface area (Å²) >= 11 is 0. The number of benzene rings is 1. The highest BCUT2D eigenvalue weighted by atomic mass is 15.2. The summed E-state index contributed by atoms with van der Waals surface area (Å²) in [6.07, 6.45) is 1.11. The zero-order valence-electron chi connectivity index (χ0n) is 11.4. The van der Waals surface area contributed by atoms with E-state index in [4.69, 9.17) is 5.26 Å². The molecule has 0 aromatic heterocycles.